The summed E-state index contributed by atoms with van der Waals surface area (Å²) in [5.41, 5.74) is 5.89. The Morgan fingerprint density at radius 3 is 2.31 bits per heavy atom. The van der Waals surface area contributed by atoms with Crippen molar-refractivity contribution >= 4 is 23.7 Å². The molecule has 0 saturated carbocycles. The van der Waals surface area contributed by atoms with E-state index in [0.717, 1.165) is 27.8 Å². The average molecular weight is 471 g/mol. The fourth-order valence-corrected chi connectivity index (χ4v) is 5.11. The molecule has 5 rings (SSSR count). The number of likely N-dealkylation sites (tertiary alicyclic amines) is 1. The van der Waals surface area contributed by atoms with Gasteiger partial charge in [-0.05, 0) is 54.2 Å². The van der Waals surface area contributed by atoms with Crippen LogP contribution in [0.2, 0.25) is 0 Å². The van der Waals surface area contributed by atoms with Gasteiger partial charge in [-0.3, -0.25) is 10.1 Å². The molecule has 7 nitrogen and oxygen atoms in total. The number of anilines is 1. The van der Waals surface area contributed by atoms with Crippen molar-refractivity contribution < 1.29 is 24.2 Å². The van der Waals surface area contributed by atoms with Gasteiger partial charge in [0.05, 0.1) is 11.3 Å². The van der Waals surface area contributed by atoms with Crippen molar-refractivity contribution in [3.05, 3.63) is 89.0 Å². The summed E-state index contributed by atoms with van der Waals surface area (Å²) in [6.45, 7) is 2.36. The molecule has 178 valence electrons. The van der Waals surface area contributed by atoms with E-state index in [9.17, 15) is 19.5 Å². The van der Waals surface area contributed by atoms with Crippen LogP contribution in [0.25, 0.3) is 11.1 Å². The van der Waals surface area contributed by atoms with Crippen LogP contribution in [0.1, 0.15) is 45.8 Å². The standard InChI is InChI=1S/C28H26N2O5/c1-17-12-13-24(22(15-17)26(31)30-14-6-11-25(30)27(32)33)29-28(34)35-16-23-20-9-4-2-7-18(20)19-8-3-5-10-21(19)23/h2-5,7-10,12-13,15,23,25H,6,11,14,16H2,1H3,(H,29,34)(H,32,33)/t25-/m1/s1. The Morgan fingerprint density at radius 2 is 1.66 bits per heavy atom. The first-order valence-corrected chi connectivity index (χ1v) is 11.7. The van der Waals surface area contributed by atoms with Gasteiger partial charge in [0.25, 0.3) is 5.91 Å². The Balaban J connectivity index is 1.33. The number of carboxylic acid groups (broad SMARTS) is 1. The summed E-state index contributed by atoms with van der Waals surface area (Å²) >= 11 is 0. The molecule has 3 aromatic rings. The summed E-state index contributed by atoms with van der Waals surface area (Å²) in [6, 6.07) is 20.4. The van der Waals surface area contributed by atoms with E-state index < -0.39 is 24.0 Å². The van der Waals surface area contributed by atoms with Crippen molar-refractivity contribution in [1.29, 1.82) is 0 Å². The van der Waals surface area contributed by atoms with Crippen LogP contribution in [0, 0.1) is 6.92 Å². The number of carbonyl (C=O) groups excluding carboxylic acids is 2. The van der Waals surface area contributed by atoms with E-state index in [-0.39, 0.29) is 18.1 Å². The highest BCUT2D eigenvalue weighted by atomic mass is 16.5. The van der Waals surface area contributed by atoms with Gasteiger partial charge < -0.3 is 14.7 Å². The molecule has 7 heteroatoms. The van der Waals surface area contributed by atoms with Gasteiger partial charge in [0.15, 0.2) is 0 Å². The van der Waals surface area contributed by atoms with Crippen LogP contribution in [0.4, 0.5) is 10.5 Å². The highest BCUT2D eigenvalue weighted by Gasteiger charge is 2.35. The van der Waals surface area contributed by atoms with E-state index in [2.05, 4.69) is 17.4 Å². The van der Waals surface area contributed by atoms with Crippen molar-refractivity contribution in [2.75, 3.05) is 18.5 Å². The van der Waals surface area contributed by atoms with Gasteiger partial charge in [-0.25, -0.2) is 9.59 Å². The predicted octanol–water partition coefficient (Wildman–Crippen LogP) is 5.05. The van der Waals surface area contributed by atoms with Gasteiger partial charge in [0.2, 0.25) is 0 Å². The van der Waals surface area contributed by atoms with Crippen LogP contribution >= 0.6 is 0 Å². The fourth-order valence-electron chi connectivity index (χ4n) is 5.11. The molecule has 35 heavy (non-hydrogen) atoms. The van der Waals surface area contributed by atoms with Crippen LogP contribution < -0.4 is 5.32 Å². The van der Waals surface area contributed by atoms with Gasteiger partial charge in [0, 0.05) is 12.5 Å². The molecule has 0 unspecified atom stereocenters. The molecular formula is C28H26N2O5. The zero-order chi connectivity index (χ0) is 24.5. The maximum atomic E-state index is 13.2. The second-order valence-electron chi connectivity index (χ2n) is 8.99. The summed E-state index contributed by atoms with van der Waals surface area (Å²) in [4.78, 5) is 39.0. The Morgan fingerprint density at radius 1 is 1.00 bits per heavy atom. The van der Waals surface area contributed by atoms with Crippen molar-refractivity contribution in [1.82, 2.24) is 4.90 Å². The maximum Gasteiger partial charge on any atom is 0.411 e. The molecule has 1 atom stereocenters. The number of fused-ring (bicyclic) bond motifs is 3. The molecule has 0 bridgehead atoms. The number of carboxylic acids is 1. The highest BCUT2D eigenvalue weighted by molar-refractivity contribution is 6.04. The van der Waals surface area contributed by atoms with E-state index in [1.807, 2.05) is 43.3 Å². The molecule has 1 saturated heterocycles. The number of rotatable bonds is 5. The van der Waals surface area contributed by atoms with E-state index in [1.165, 1.54) is 4.90 Å². The minimum atomic E-state index is -1.02. The van der Waals surface area contributed by atoms with E-state index in [0.29, 0.717) is 25.1 Å². The second-order valence-corrected chi connectivity index (χ2v) is 8.99. The van der Waals surface area contributed by atoms with Crippen LogP contribution in [0.3, 0.4) is 0 Å². The normalized spacial score (nSPS) is 16.5. The molecule has 0 aromatic heterocycles. The van der Waals surface area contributed by atoms with Crippen molar-refractivity contribution in [2.24, 2.45) is 0 Å². The number of aryl methyl sites for hydroxylation is 1. The summed E-state index contributed by atoms with van der Waals surface area (Å²) < 4.78 is 5.62. The van der Waals surface area contributed by atoms with Crippen LogP contribution in [0.15, 0.2) is 66.7 Å². The lowest BCUT2D eigenvalue weighted by Gasteiger charge is -2.23. The summed E-state index contributed by atoms with van der Waals surface area (Å²) in [6.07, 6.45) is 0.382. The number of ether oxygens (including phenoxy) is 1. The maximum absolute atomic E-state index is 13.2. The minimum Gasteiger partial charge on any atom is -0.480 e. The van der Waals surface area contributed by atoms with Crippen molar-refractivity contribution in [2.45, 2.75) is 31.7 Å². The van der Waals surface area contributed by atoms with Crippen LogP contribution in [-0.2, 0) is 9.53 Å². The Labute approximate surface area is 203 Å². The molecule has 3 aromatic carbocycles. The lowest BCUT2D eigenvalue weighted by Crippen LogP contribution is -2.40. The number of nitrogens with one attached hydrogen (secondary N) is 1. The molecule has 2 N–H and O–H groups in total. The third-order valence-electron chi connectivity index (χ3n) is 6.78. The molecule has 2 amide bonds. The first kappa shape index (κ1) is 22.7. The molecule has 0 spiro atoms. The van der Waals surface area contributed by atoms with Gasteiger partial charge >= 0.3 is 12.1 Å². The monoisotopic (exact) mass is 470 g/mol. The molecule has 1 aliphatic carbocycles. The van der Waals surface area contributed by atoms with Crippen LogP contribution in [-0.4, -0.2) is 47.2 Å². The lowest BCUT2D eigenvalue weighted by atomic mass is 9.98. The third kappa shape index (κ3) is 4.25. The molecule has 1 fully saturated rings. The van der Waals surface area contributed by atoms with Crippen molar-refractivity contribution in [3.63, 3.8) is 0 Å². The molecule has 1 heterocycles. The lowest BCUT2D eigenvalue weighted by molar-refractivity contribution is -0.141. The Hall–Kier alpha value is -4.13. The van der Waals surface area contributed by atoms with E-state index in [1.54, 1.807) is 18.2 Å². The van der Waals surface area contributed by atoms with Gasteiger partial charge in [0.1, 0.15) is 12.6 Å². The third-order valence-corrected chi connectivity index (χ3v) is 6.78. The number of nitrogens with zero attached hydrogens (tertiary/aromatic N) is 1. The number of carbonyl (C=O) groups is 3. The zero-order valence-electron chi connectivity index (χ0n) is 19.4. The average Bonchev–Trinajstić information content (AvgIpc) is 3.47. The number of amides is 2. The fraction of sp³-hybridized carbons (Fsp3) is 0.250. The highest BCUT2D eigenvalue weighted by Crippen LogP contribution is 2.44. The van der Waals surface area contributed by atoms with Crippen LogP contribution in [0.5, 0.6) is 0 Å². The minimum absolute atomic E-state index is 0.0757. The van der Waals surface area contributed by atoms with Crippen molar-refractivity contribution in [3.8, 4) is 11.1 Å². The predicted molar refractivity (Wildman–Crippen MR) is 132 cm³/mol. The second kappa shape index (κ2) is 9.25. The number of hydrogen-bond donors (Lipinski definition) is 2. The van der Waals surface area contributed by atoms with E-state index in [4.69, 9.17) is 4.74 Å². The number of aliphatic carboxylic acids is 1. The first-order valence-electron chi connectivity index (χ1n) is 11.7. The summed E-state index contributed by atoms with van der Waals surface area (Å²) in [5.74, 6) is -1.50. The number of benzene rings is 3. The van der Waals surface area contributed by atoms with Gasteiger partial charge in [-0.15, -0.1) is 0 Å². The Bertz CT molecular complexity index is 1270. The van der Waals surface area contributed by atoms with E-state index >= 15 is 0 Å². The largest absolute Gasteiger partial charge is 0.480 e. The topological polar surface area (TPSA) is 95.9 Å². The molecular weight excluding hydrogens is 444 g/mol. The first-order chi connectivity index (χ1) is 16.9. The molecule has 0 radical (unpaired) electrons. The molecule has 1 aliphatic heterocycles. The number of hydrogen-bond acceptors (Lipinski definition) is 4. The summed E-state index contributed by atoms with van der Waals surface area (Å²) in [5, 5.41) is 12.2. The zero-order valence-corrected chi connectivity index (χ0v) is 19.4. The Kier molecular flexibility index (Phi) is 5.99. The molecule has 2 aliphatic rings. The van der Waals surface area contributed by atoms with Gasteiger partial charge in [-0.2, -0.15) is 0 Å². The quantitative estimate of drug-likeness (QED) is 0.544. The smallest absolute Gasteiger partial charge is 0.411 e. The SMILES string of the molecule is Cc1ccc(NC(=O)OCC2c3ccccc3-c3ccccc32)c(C(=O)N2CCC[C@@H]2C(=O)O)c1. The summed E-state index contributed by atoms with van der Waals surface area (Å²) in [7, 11) is 0. The van der Waals surface area contributed by atoms with Gasteiger partial charge in [-0.1, -0.05) is 60.2 Å².